The molecule has 0 aromatic heterocycles. The van der Waals surface area contributed by atoms with E-state index < -0.39 is 18.0 Å². The minimum Gasteiger partial charge on any atom is -0.442 e. The molecule has 2 unspecified atom stereocenters. The van der Waals surface area contributed by atoms with Crippen LogP contribution in [0.2, 0.25) is 0 Å². The topological polar surface area (TPSA) is 68.2 Å². The normalized spacial score (nSPS) is 28.4. The van der Waals surface area contributed by atoms with E-state index in [0.717, 1.165) is 11.1 Å². The van der Waals surface area contributed by atoms with E-state index in [2.05, 4.69) is 0 Å². The summed E-state index contributed by atoms with van der Waals surface area (Å²) in [7, 11) is 0. The third-order valence-corrected chi connectivity index (χ3v) is 2.85. The van der Waals surface area contributed by atoms with Gasteiger partial charge in [0, 0.05) is 0 Å². The predicted molar refractivity (Wildman–Crippen MR) is 62.5 cm³/mol. The quantitative estimate of drug-likeness (QED) is 0.660. The number of fused-ring (bicyclic) bond motifs is 1. The monoisotopic (exact) mass is 257 g/mol. The molecule has 0 aromatic rings. The summed E-state index contributed by atoms with van der Waals surface area (Å²) in [5, 5.41) is 10.7. The number of nitrogens with zero attached hydrogens (tertiary/aromatic N) is 1. The number of hydrogen-bond donors (Lipinski definition) is 1. The molecule has 0 spiro atoms. The van der Waals surface area contributed by atoms with Crippen molar-refractivity contribution in [1.29, 1.82) is 0 Å². The minimum atomic E-state index is -0.896. The Morgan fingerprint density at radius 1 is 1.50 bits per heavy atom. The first-order valence-electron chi connectivity index (χ1n) is 5.94. The van der Waals surface area contributed by atoms with Gasteiger partial charge in [-0.2, -0.15) is 5.06 Å². The fraction of sp³-hybridized carbons (Fsp3) is 0.750. The number of rotatable bonds is 0. The van der Waals surface area contributed by atoms with Gasteiger partial charge in [0.25, 0.3) is 0 Å². The smallest absolute Gasteiger partial charge is 0.434 e. The Balaban J connectivity index is 2.04. The molecule has 0 aliphatic carbocycles. The highest BCUT2D eigenvalue weighted by atomic mass is 16.7. The molecule has 18 heavy (non-hydrogen) atoms. The molecule has 2 rings (SSSR count). The molecule has 6 heteroatoms. The van der Waals surface area contributed by atoms with E-state index >= 15 is 0 Å². The van der Waals surface area contributed by atoms with Gasteiger partial charge in [-0.15, -0.1) is 0 Å². The number of ether oxygens (including phenoxy) is 2. The minimum absolute atomic E-state index is 0.211. The van der Waals surface area contributed by atoms with Gasteiger partial charge in [0.1, 0.15) is 18.3 Å². The van der Waals surface area contributed by atoms with Gasteiger partial charge < -0.3 is 14.6 Å². The molecular formula is C12H19NO5. The Labute approximate surface area is 106 Å². The fourth-order valence-corrected chi connectivity index (χ4v) is 1.91. The SMILES string of the molecule is CC1=C2CN(C(=O)OC(C)(C)C)OCC2OC1O. The summed E-state index contributed by atoms with van der Waals surface area (Å²) in [5.41, 5.74) is 1.07. The second kappa shape index (κ2) is 4.53. The number of hydrogen-bond acceptors (Lipinski definition) is 5. The van der Waals surface area contributed by atoms with Crippen molar-refractivity contribution in [2.45, 2.75) is 45.7 Å². The second-order valence-electron chi connectivity index (χ2n) is 5.50. The molecule has 2 aliphatic heterocycles. The van der Waals surface area contributed by atoms with Gasteiger partial charge >= 0.3 is 6.09 Å². The van der Waals surface area contributed by atoms with Crippen LogP contribution in [-0.2, 0) is 14.3 Å². The number of hydroxylamine groups is 2. The van der Waals surface area contributed by atoms with Crippen molar-refractivity contribution < 1.29 is 24.2 Å². The predicted octanol–water partition coefficient (Wildman–Crippen LogP) is 1.20. The molecule has 0 saturated carbocycles. The van der Waals surface area contributed by atoms with Crippen molar-refractivity contribution in [2.75, 3.05) is 13.2 Å². The second-order valence-corrected chi connectivity index (χ2v) is 5.50. The number of carbonyl (C=O) groups is 1. The Kier molecular flexibility index (Phi) is 3.35. The highest BCUT2D eigenvalue weighted by Crippen LogP contribution is 2.30. The number of aliphatic hydroxyl groups is 1. The summed E-state index contributed by atoms with van der Waals surface area (Å²) < 4.78 is 10.5. The van der Waals surface area contributed by atoms with Gasteiger partial charge in [-0.05, 0) is 38.8 Å². The average molecular weight is 257 g/mol. The molecule has 2 heterocycles. The van der Waals surface area contributed by atoms with Gasteiger partial charge in [-0.1, -0.05) is 0 Å². The third kappa shape index (κ3) is 2.66. The zero-order valence-electron chi connectivity index (χ0n) is 11.1. The fourth-order valence-electron chi connectivity index (χ4n) is 1.91. The molecule has 102 valence electrons. The van der Waals surface area contributed by atoms with E-state index in [1.165, 1.54) is 5.06 Å². The van der Waals surface area contributed by atoms with Crippen molar-refractivity contribution in [3.63, 3.8) is 0 Å². The standard InChI is InChI=1S/C12H19NO5/c1-7-8-5-13(11(15)18-12(2,3)4)16-6-9(8)17-10(7)14/h9-10,14H,5-6H2,1-4H3. The molecule has 1 fully saturated rings. The average Bonchev–Trinajstić information content (AvgIpc) is 2.52. The summed E-state index contributed by atoms with van der Waals surface area (Å²) in [6, 6.07) is 0. The van der Waals surface area contributed by atoms with E-state index in [1.807, 2.05) is 0 Å². The first-order valence-corrected chi connectivity index (χ1v) is 5.94. The van der Waals surface area contributed by atoms with Gasteiger partial charge in [0.05, 0.1) is 6.54 Å². The van der Waals surface area contributed by atoms with Crippen molar-refractivity contribution in [3.05, 3.63) is 11.1 Å². The molecular weight excluding hydrogens is 238 g/mol. The van der Waals surface area contributed by atoms with Crippen LogP contribution < -0.4 is 0 Å². The maximum atomic E-state index is 11.8. The van der Waals surface area contributed by atoms with Gasteiger partial charge in [0.2, 0.25) is 0 Å². The number of amides is 1. The van der Waals surface area contributed by atoms with Gasteiger partial charge in [-0.25, -0.2) is 4.79 Å². The molecule has 1 saturated heterocycles. The summed E-state index contributed by atoms with van der Waals surface area (Å²) in [5.74, 6) is 0. The van der Waals surface area contributed by atoms with Crippen LogP contribution in [0.5, 0.6) is 0 Å². The lowest BCUT2D eigenvalue weighted by Crippen LogP contribution is -2.44. The zero-order chi connectivity index (χ0) is 13.5. The van der Waals surface area contributed by atoms with E-state index in [1.54, 1.807) is 27.7 Å². The van der Waals surface area contributed by atoms with E-state index in [0.29, 0.717) is 0 Å². The highest BCUT2D eigenvalue weighted by Gasteiger charge is 2.38. The maximum Gasteiger partial charge on any atom is 0.434 e. The third-order valence-electron chi connectivity index (χ3n) is 2.85. The maximum absolute atomic E-state index is 11.8. The molecule has 2 aliphatic rings. The van der Waals surface area contributed by atoms with Crippen LogP contribution in [0.25, 0.3) is 0 Å². The molecule has 1 amide bonds. The van der Waals surface area contributed by atoms with E-state index in [-0.39, 0.29) is 19.3 Å². The Hall–Kier alpha value is -1.11. The summed E-state index contributed by atoms with van der Waals surface area (Å²) in [4.78, 5) is 17.1. The Morgan fingerprint density at radius 3 is 2.78 bits per heavy atom. The van der Waals surface area contributed by atoms with E-state index in [9.17, 15) is 9.90 Å². The van der Waals surface area contributed by atoms with Crippen molar-refractivity contribution in [2.24, 2.45) is 0 Å². The van der Waals surface area contributed by atoms with Gasteiger partial charge in [-0.3, -0.25) is 4.84 Å². The molecule has 2 atom stereocenters. The lowest BCUT2D eigenvalue weighted by molar-refractivity contribution is -0.194. The summed E-state index contributed by atoms with van der Waals surface area (Å²) in [6.07, 6.45) is -1.69. The van der Waals surface area contributed by atoms with Crippen molar-refractivity contribution in [3.8, 4) is 0 Å². The van der Waals surface area contributed by atoms with Crippen LogP contribution in [0, 0.1) is 0 Å². The van der Waals surface area contributed by atoms with Crippen LogP contribution in [0.3, 0.4) is 0 Å². The van der Waals surface area contributed by atoms with Gasteiger partial charge in [0.15, 0.2) is 6.29 Å². The van der Waals surface area contributed by atoms with Crippen LogP contribution in [0.1, 0.15) is 27.7 Å². The highest BCUT2D eigenvalue weighted by molar-refractivity contribution is 5.67. The lowest BCUT2D eigenvalue weighted by atomic mass is 10.1. The molecule has 6 nitrogen and oxygen atoms in total. The van der Waals surface area contributed by atoms with Crippen molar-refractivity contribution in [1.82, 2.24) is 5.06 Å². The van der Waals surface area contributed by atoms with Crippen LogP contribution in [0.4, 0.5) is 4.79 Å². The van der Waals surface area contributed by atoms with Crippen LogP contribution in [0.15, 0.2) is 11.1 Å². The van der Waals surface area contributed by atoms with Crippen LogP contribution >= 0.6 is 0 Å². The Morgan fingerprint density at radius 2 is 2.17 bits per heavy atom. The number of carbonyl (C=O) groups excluding carboxylic acids is 1. The molecule has 1 N–H and O–H groups in total. The summed E-state index contributed by atoms with van der Waals surface area (Å²) in [6.45, 7) is 7.66. The lowest BCUT2D eigenvalue weighted by Gasteiger charge is -2.32. The molecule has 0 aromatic carbocycles. The largest absolute Gasteiger partial charge is 0.442 e. The van der Waals surface area contributed by atoms with E-state index in [4.69, 9.17) is 14.3 Å². The molecule has 0 radical (unpaired) electrons. The number of aliphatic hydroxyl groups excluding tert-OH is 1. The summed E-state index contributed by atoms with van der Waals surface area (Å²) >= 11 is 0. The Bertz CT molecular complexity index is 384. The first kappa shape index (κ1) is 13.3. The molecule has 0 bridgehead atoms. The van der Waals surface area contributed by atoms with Crippen molar-refractivity contribution >= 4 is 6.09 Å². The first-order chi connectivity index (χ1) is 8.28. The zero-order valence-corrected chi connectivity index (χ0v) is 11.1. The van der Waals surface area contributed by atoms with Crippen LogP contribution in [-0.4, -0.2) is 47.4 Å².